The van der Waals surface area contributed by atoms with Gasteiger partial charge in [-0.25, -0.2) is 0 Å². The Kier molecular flexibility index (Phi) is 4.90. The van der Waals surface area contributed by atoms with Crippen LogP contribution in [0, 0.1) is 6.92 Å². The van der Waals surface area contributed by atoms with Gasteiger partial charge in [0.2, 0.25) is 11.4 Å². The molecule has 0 unspecified atom stereocenters. The molecule has 0 amide bonds. The highest BCUT2D eigenvalue weighted by Gasteiger charge is 2.43. The molecule has 0 bridgehead atoms. The number of para-hydroxylation sites is 1. The molecule has 0 spiro atoms. The highest BCUT2D eigenvalue weighted by atomic mass is 16.0. The number of fused-ring (bicyclic) bond motifs is 1. The quantitative estimate of drug-likeness (QED) is 0.488. The van der Waals surface area contributed by atoms with Crippen molar-refractivity contribution in [3.63, 3.8) is 0 Å². The van der Waals surface area contributed by atoms with Crippen LogP contribution in [0.1, 0.15) is 25.0 Å². The lowest BCUT2D eigenvalue weighted by atomic mass is 9.82. The van der Waals surface area contributed by atoms with Crippen LogP contribution in [0.25, 0.3) is 0 Å². The molecule has 3 rings (SSSR count). The van der Waals surface area contributed by atoms with Gasteiger partial charge in [0.1, 0.15) is 13.3 Å². The van der Waals surface area contributed by atoms with Gasteiger partial charge < -0.3 is 5.48 Å². The first-order valence-electron chi connectivity index (χ1n) is 7.96. The van der Waals surface area contributed by atoms with Crippen molar-refractivity contribution in [2.45, 2.75) is 26.2 Å². The maximum absolute atomic E-state index is 4.66. The van der Waals surface area contributed by atoms with Gasteiger partial charge in [0.05, 0.1) is 11.1 Å². The van der Waals surface area contributed by atoms with Crippen LogP contribution in [0.5, 0.6) is 0 Å². The summed E-state index contributed by atoms with van der Waals surface area (Å²) in [6.07, 6.45) is 1.99. The fourth-order valence-electron chi connectivity index (χ4n) is 3.20. The molecular weight excluding hydrogens is 298 g/mol. The van der Waals surface area contributed by atoms with Crippen LogP contribution in [-0.4, -0.2) is 36.1 Å². The number of anilines is 1. The zero-order valence-electron chi connectivity index (χ0n) is 15.0. The van der Waals surface area contributed by atoms with Gasteiger partial charge in [0.25, 0.3) is 0 Å². The normalized spacial score (nSPS) is 15.4. The zero-order valence-corrected chi connectivity index (χ0v) is 15.0. The summed E-state index contributed by atoms with van der Waals surface area (Å²) < 4.78 is 2.24. The maximum Gasteiger partial charge on any atom is 0.212 e. The Balaban J connectivity index is 0.00000208. The molecule has 126 valence electrons. The smallest absolute Gasteiger partial charge is 0.212 e. The van der Waals surface area contributed by atoms with Gasteiger partial charge in [-0.3, -0.25) is 5.01 Å². The van der Waals surface area contributed by atoms with Crippen LogP contribution in [-0.2, 0) is 5.41 Å². The molecule has 24 heavy (non-hydrogen) atoms. The van der Waals surface area contributed by atoms with Crippen molar-refractivity contribution in [3.8, 4) is 0 Å². The van der Waals surface area contributed by atoms with Crippen molar-refractivity contribution in [1.82, 2.24) is 0 Å². The summed E-state index contributed by atoms with van der Waals surface area (Å²) >= 11 is 0. The molecular formula is C20H25N3O. The Hall–Kier alpha value is -2.46. The standard InChI is InChI=1S/C20H24N3.H2O/c1-15-10-12-16(13-11-15)23(5)21-14-19-20(2,3)17-8-6-7-9-18(17)22(19)4;/h6-14H,1-5H3;1H2/q+1;/p-1. The first-order valence-corrected chi connectivity index (χ1v) is 7.96. The van der Waals surface area contributed by atoms with E-state index in [4.69, 9.17) is 0 Å². The molecule has 1 aliphatic heterocycles. The van der Waals surface area contributed by atoms with Crippen molar-refractivity contribution >= 4 is 23.3 Å². The van der Waals surface area contributed by atoms with Gasteiger partial charge in [0.15, 0.2) is 0 Å². The fourth-order valence-corrected chi connectivity index (χ4v) is 3.20. The van der Waals surface area contributed by atoms with Crippen molar-refractivity contribution in [1.29, 1.82) is 0 Å². The van der Waals surface area contributed by atoms with Gasteiger partial charge in [0, 0.05) is 18.7 Å². The van der Waals surface area contributed by atoms with E-state index in [1.54, 1.807) is 0 Å². The molecule has 0 atom stereocenters. The number of aryl methyl sites for hydroxylation is 1. The number of hydrogen-bond acceptors (Lipinski definition) is 3. The van der Waals surface area contributed by atoms with Gasteiger partial charge in [-0.2, -0.15) is 9.68 Å². The van der Waals surface area contributed by atoms with E-state index in [0.29, 0.717) is 0 Å². The zero-order chi connectivity index (χ0) is 16.6. The van der Waals surface area contributed by atoms with Crippen LogP contribution in [0.4, 0.5) is 11.4 Å². The Morgan fingerprint density at radius 2 is 1.67 bits per heavy atom. The second kappa shape index (κ2) is 6.57. The number of nitrogens with zero attached hydrogens (tertiary/aromatic N) is 3. The molecule has 0 fully saturated rings. The minimum absolute atomic E-state index is 0. The minimum atomic E-state index is -0.0387. The summed E-state index contributed by atoms with van der Waals surface area (Å²) in [5.41, 5.74) is 6.12. The molecule has 0 radical (unpaired) electrons. The third kappa shape index (κ3) is 2.97. The maximum atomic E-state index is 4.66. The van der Waals surface area contributed by atoms with Crippen LogP contribution in [0.15, 0.2) is 53.6 Å². The van der Waals surface area contributed by atoms with E-state index in [0.717, 1.165) is 5.69 Å². The molecule has 0 saturated carbocycles. The molecule has 4 nitrogen and oxygen atoms in total. The SMILES string of the molecule is Cc1ccc(N(C)/N=C/C2=[N+](C)c3ccccc3C2(C)C)cc1.[OH-]. The van der Waals surface area contributed by atoms with E-state index in [9.17, 15) is 0 Å². The summed E-state index contributed by atoms with van der Waals surface area (Å²) in [7, 11) is 4.09. The van der Waals surface area contributed by atoms with E-state index < -0.39 is 0 Å². The van der Waals surface area contributed by atoms with Crippen molar-refractivity contribution in [2.75, 3.05) is 19.1 Å². The second-order valence-corrected chi connectivity index (χ2v) is 6.69. The van der Waals surface area contributed by atoms with Crippen LogP contribution in [0.3, 0.4) is 0 Å². The number of hydrazone groups is 1. The first kappa shape index (κ1) is 17.9. The van der Waals surface area contributed by atoms with Gasteiger partial charge in [-0.15, -0.1) is 0 Å². The number of benzene rings is 2. The van der Waals surface area contributed by atoms with E-state index in [1.807, 2.05) is 18.3 Å². The molecule has 1 N–H and O–H groups in total. The lowest BCUT2D eigenvalue weighted by Crippen LogP contribution is -2.30. The van der Waals surface area contributed by atoms with Crippen molar-refractivity contribution in [3.05, 3.63) is 59.7 Å². The lowest BCUT2D eigenvalue weighted by Gasteiger charge is -2.16. The Labute approximate surface area is 144 Å². The number of hydrogen-bond donors (Lipinski definition) is 0. The predicted molar refractivity (Wildman–Crippen MR) is 100 cm³/mol. The van der Waals surface area contributed by atoms with E-state index >= 15 is 0 Å². The Morgan fingerprint density at radius 3 is 2.29 bits per heavy atom. The topological polar surface area (TPSA) is 48.6 Å². The van der Waals surface area contributed by atoms with Crippen LogP contribution < -0.4 is 5.01 Å². The van der Waals surface area contributed by atoms with E-state index in [-0.39, 0.29) is 10.9 Å². The van der Waals surface area contributed by atoms with Gasteiger partial charge in [-0.05, 0) is 32.9 Å². The Bertz CT molecular complexity index is 789. The number of rotatable bonds is 3. The predicted octanol–water partition coefficient (Wildman–Crippen LogP) is 3.95. The third-order valence-electron chi connectivity index (χ3n) is 4.70. The molecule has 4 heteroatoms. The molecule has 1 aliphatic rings. The average molecular weight is 323 g/mol. The highest BCUT2D eigenvalue weighted by molar-refractivity contribution is 6.33. The summed E-state index contributed by atoms with van der Waals surface area (Å²) in [5.74, 6) is 0. The average Bonchev–Trinajstić information content (AvgIpc) is 2.73. The summed E-state index contributed by atoms with van der Waals surface area (Å²) in [6, 6.07) is 17.0. The first-order chi connectivity index (χ1) is 10.9. The molecule has 1 heterocycles. The summed E-state index contributed by atoms with van der Waals surface area (Å²) in [4.78, 5) is 0. The van der Waals surface area contributed by atoms with Crippen molar-refractivity contribution < 1.29 is 10.1 Å². The Morgan fingerprint density at radius 1 is 1.04 bits per heavy atom. The highest BCUT2D eigenvalue weighted by Crippen LogP contribution is 2.38. The van der Waals surface area contributed by atoms with Crippen LogP contribution >= 0.6 is 0 Å². The second-order valence-electron chi connectivity index (χ2n) is 6.69. The molecule has 0 saturated heterocycles. The largest absolute Gasteiger partial charge is 0.870 e. The summed E-state index contributed by atoms with van der Waals surface area (Å²) in [6.45, 7) is 6.60. The summed E-state index contributed by atoms with van der Waals surface area (Å²) in [5, 5.41) is 6.58. The monoisotopic (exact) mass is 323 g/mol. The van der Waals surface area contributed by atoms with Crippen LogP contribution in [0.2, 0.25) is 0 Å². The molecule has 0 aromatic heterocycles. The minimum Gasteiger partial charge on any atom is -0.870 e. The van der Waals surface area contributed by atoms with E-state index in [1.165, 1.54) is 22.5 Å². The van der Waals surface area contributed by atoms with E-state index in [2.05, 4.69) is 86.0 Å². The fraction of sp³-hybridized carbons (Fsp3) is 0.300. The van der Waals surface area contributed by atoms with Crippen molar-refractivity contribution in [2.24, 2.45) is 5.10 Å². The van der Waals surface area contributed by atoms with Gasteiger partial charge in [-0.1, -0.05) is 35.9 Å². The van der Waals surface area contributed by atoms with Gasteiger partial charge >= 0.3 is 0 Å². The molecule has 2 aromatic rings. The molecule has 2 aromatic carbocycles. The lowest BCUT2D eigenvalue weighted by molar-refractivity contribution is -0.400. The molecule has 0 aliphatic carbocycles. The third-order valence-corrected chi connectivity index (χ3v) is 4.70.